The molecule has 0 bridgehead atoms. The second kappa shape index (κ2) is 8.80. The van der Waals surface area contributed by atoms with Gasteiger partial charge in [0.25, 0.3) is 0 Å². The Labute approximate surface area is 172 Å². The highest BCUT2D eigenvalue weighted by Gasteiger charge is 2.27. The van der Waals surface area contributed by atoms with Gasteiger partial charge in [0.2, 0.25) is 0 Å². The fourth-order valence-corrected chi connectivity index (χ4v) is 4.24. The summed E-state index contributed by atoms with van der Waals surface area (Å²) in [7, 11) is 0. The summed E-state index contributed by atoms with van der Waals surface area (Å²) in [4.78, 5) is 0. The van der Waals surface area contributed by atoms with E-state index < -0.39 is 0 Å². The van der Waals surface area contributed by atoms with Gasteiger partial charge in [0.1, 0.15) is 0 Å². The molecule has 0 saturated carbocycles. The smallest absolute Gasteiger partial charge is 0.0208 e. The third kappa shape index (κ3) is 4.85. The Hall–Kier alpha value is -1.64. The fourth-order valence-electron chi connectivity index (χ4n) is 4.24. The molecule has 0 fully saturated rings. The monoisotopic (exact) mass is 378 g/mol. The molecule has 0 spiro atoms. The summed E-state index contributed by atoms with van der Waals surface area (Å²) in [5, 5.41) is 6.89. The van der Waals surface area contributed by atoms with Gasteiger partial charge >= 0.3 is 0 Å². The number of benzene rings is 2. The molecule has 2 aromatic rings. The third-order valence-corrected chi connectivity index (χ3v) is 6.19. The molecule has 0 saturated heterocycles. The van der Waals surface area contributed by atoms with E-state index >= 15 is 0 Å². The van der Waals surface area contributed by atoms with E-state index in [1.54, 1.807) is 5.56 Å². The lowest BCUT2D eigenvalue weighted by Crippen LogP contribution is -2.38. The van der Waals surface area contributed by atoms with Crippen LogP contribution in [0.1, 0.15) is 86.8 Å². The van der Waals surface area contributed by atoms with Crippen LogP contribution in [0.5, 0.6) is 0 Å². The maximum atomic E-state index is 3.50. The molecule has 152 valence electrons. The van der Waals surface area contributed by atoms with Crippen LogP contribution in [0.4, 0.5) is 0 Å². The topological polar surface area (TPSA) is 24.1 Å². The van der Waals surface area contributed by atoms with Crippen LogP contribution in [-0.4, -0.2) is 13.1 Å². The molecule has 0 aliphatic carbocycles. The second-order valence-electron chi connectivity index (χ2n) is 9.67. The van der Waals surface area contributed by atoms with Gasteiger partial charge in [-0.05, 0) is 58.2 Å². The van der Waals surface area contributed by atoms with Crippen LogP contribution in [0.2, 0.25) is 0 Å². The van der Waals surface area contributed by atoms with Crippen molar-refractivity contribution >= 4 is 0 Å². The average Bonchev–Trinajstić information content (AvgIpc) is 2.67. The first-order valence-corrected chi connectivity index (χ1v) is 10.9. The Morgan fingerprint density at radius 3 is 2.04 bits per heavy atom. The summed E-state index contributed by atoms with van der Waals surface area (Å²) in [5.41, 5.74) is 9.24. The van der Waals surface area contributed by atoms with E-state index in [0.29, 0.717) is 11.8 Å². The average molecular weight is 379 g/mol. The van der Waals surface area contributed by atoms with E-state index in [9.17, 15) is 0 Å². The molecular weight excluding hydrogens is 340 g/mol. The van der Waals surface area contributed by atoms with E-state index in [2.05, 4.69) is 88.6 Å². The maximum Gasteiger partial charge on any atom is 0.0208 e. The Bertz CT molecular complexity index is 802. The predicted octanol–water partition coefficient (Wildman–Crippen LogP) is 5.65. The first kappa shape index (κ1) is 21.1. The van der Waals surface area contributed by atoms with E-state index in [0.717, 1.165) is 26.2 Å². The number of rotatable bonds is 2. The van der Waals surface area contributed by atoms with Crippen LogP contribution < -0.4 is 10.6 Å². The molecule has 2 aliphatic rings. The molecule has 2 aliphatic heterocycles. The molecule has 0 atom stereocenters. The molecule has 2 aromatic carbocycles. The van der Waals surface area contributed by atoms with Crippen molar-refractivity contribution in [1.82, 2.24) is 10.6 Å². The normalized spacial score (nSPS) is 17.6. The highest BCUT2D eigenvalue weighted by atomic mass is 14.9. The second-order valence-corrected chi connectivity index (χ2v) is 9.67. The van der Waals surface area contributed by atoms with Crippen molar-refractivity contribution < 1.29 is 0 Å². The zero-order valence-corrected chi connectivity index (χ0v) is 18.7. The predicted molar refractivity (Wildman–Crippen MR) is 121 cm³/mol. The van der Waals surface area contributed by atoms with Crippen LogP contribution in [0.25, 0.3) is 0 Å². The third-order valence-electron chi connectivity index (χ3n) is 6.19. The van der Waals surface area contributed by atoms with Crippen molar-refractivity contribution in [3.05, 3.63) is 69.8 Å². The summed E-state index contributed by atoms with van der Waals surface area (Å²) in [6, 6.07) is 13.9. The van der Waals surface area contributed by atoms with E-state index in [-0.39, 0.29) is 5.41 Å². The minimum absolute atomic E-state index is 0.281. The summed E-state index contributed by atoms with van der Waals surface area (Å²) in [6.45, 7) is 17.9. The lowest BCUT2D eigenvalue weighted by atomic mass is 9.78. The van der Waals surface area contributed by atoms with Gasteiger partial charge in [-0.3, -0.25) is 0 Å². The zero-order valence-electron chi connectivity index (χ0n) is 18.7. The lowest BCUT2D eigenvalue weighted by molar-refractivity contribution is 0.434. The molecule has 2 nitrogen and oxygen atoms in total. The van der Waals surface area contributed by atoms with Crippen LogP contribution in [0.3, 0.4) is 0 Å². The molecule has 28 heavy (non-hydrogen) atoms. The standard InChI is InChI=1S/C14H21N.C12H17N/c1-10(2)11-5-6-13-12(7-11)8-15-9-14(13,3)4;1-9(2)10-3-4-12-8-13-6-5-11(12)7-10/h5-7,10,15H,8-9H2,1-4H3;3-4,7,9,13H,5-6,8H2,1-2H3. The lowest BCUT2D eigenvalue weighted by Gasteiger charge is -2.33. The SMILES string of the molecule is CC(C)c1ccc2c(c1)CCNC2.CC(C)c1ccc2c(c1)CNCC2(C)C. The van der Waals surface area contributed by atoms with Crippen LogP contribution in [0, 0.1) is 0 Å². The van der Waals surface area contributed by atoms with Gasteiger partial charge in [0, 0.05) is 25.0 Å². The number of nitrogens with one attached hydrogen (secondary N) is 2. The first-order chi connectivity index (χ1) is 13.3. The summed E-state index contributed by atoms with van der Waals surface area (Å²) < 4.78 is 0. The quantitative estimate of drug-likeness (QED) is 0.706. The molecule has 0 amide bonds. The molecule has 0 radical (unpaired) electrons. The molecule has 0 unspecified atom stereocenters. The summed E-state index contributed by atoms with van der Waals surface area (Å²) in [5.74, 6) is 1.28. The molecule has 4 rings (SSSR count). The van der Waals surface area contributed by atoms with Gasteiger partial charge in [-0.2, -0.15) is 0 Å². The number of hydrogen-bond acceptors (Lipinski definition) is 2. The van der Waals surface area contributed by atoms with Gasteiger partial charge in [0.15, 0.2) is 0 Å². The highest BCUT2D eigenvalue weighted by Crippen LogP contribution is 2.31. The molecule has 2 N–H and O–H groups in total. The van der Waals surface area contributed by atoms with Crippen molar-refractivity contribution in [2.45, 2.75) is 78.3 Å². The van der Waals surface area contributed by atoms with Crippen molar-refractivity contribution in [3.63, 3.8) is 0 Å². The first-order valence-electron chi connectivity index (χ1n) is 10.9. The van der Waals surface area contributed by atoms with E-state index in [4.69, 9.17) is 0 Å². The van der Waals surface area contributed by atoms with Crippen molar-refractivity contribution in [2.24, 2.45) is 0 Å². The van der Waals surface area contributed by atoms with E-state index in [1.165, 1.54) is 34.2 Å². The van der Waals surface area contributed by atoms with Crippen molar-refractivity contribution in [2.75, 3.05) is 13.1 Å². The summed E-state index contributed by atoms with van der Waals surface area (Å²) in [6.07, 6.45) is 1.19. The van der Waals surface area contributed by atoms with Gasteiger partial charge < -0.3 is 10.6 Å². The molecule has 0 aromatic heterocycles. The summed E-state index contributed by atoms with van der Waals surface area (Å²) >= 11 is 0. The zero-order chi connectivity index (χ0) is 20.3. The molecule has 2 heteroatoms. The van der Waals surface area contributed by atoms with Crippen molar-refractivity contribution in [1.29, 1.82) is 0 Å². The Morgan fingerprint density at radius 2 is 1.36 bits per heavy atom. The molecule has 2 heterocycles. The largest absolute Gasteiger partial charge is 0.312 e. The van der Waals surface area contributed by atoms with Crippen molar-refractivity contribution in [3.8, 4) is 0 Å². The fraction of sp³-hybridized carbons (Fsp3) is 0.538. The number of hydrogen-bond donors (Lipinski definition) is 2. The highest BCUT2D eigenvalue weighted by molar-refractivity contribution is 5.40. The minimum atomic E-state index is 0.281. The van der Waals surface area contributed by atoms with Gasteiger partial charge in [0.05, 0.1) is 0 Å². The minimum Gasteiger partial charge on any atom is -0.312 e. The van der Waals surface area contributed by atoms with Crippen LogP contribution >= 0.6 is 0 Å². The molecular formula is C26H38N2. The van der Waals surface area contributed by atoms with Gasteiger partial charge in [-0.15, -0.1) is 0 Å². The van der Waals surface area contributed by atoms with Crippen LogP contribution in [-0.2, 0) is 24.9 Å². The van der Waals surface area contributed by atoms with Gasteiger partial charge in [-0.25, -0.2) is 0 Å². The van der Waals surface area contributed by atoms with Gasteiger partial charge in [-0.1, -0.05) is 77.9 Å². The number of fused-ring (bicyclic) bond motifs is 2. The Balaban J connectivity index is 0.000000162. The Kier molecular flexibility index (Phi) is 6.62. The maximum absolute atomic E-state index is 3.50. The Morgan fingerprint density at radius 1 is 0.750 bits per heavy atom. The van der Waals surface area contributed by atoms with Crippen LogP contribution in [0.15, 0.2) is 36.4 Å². The van der Waals surface area contributed by atoms with E-state index in [1.807, 2.05) is 0 Å².